The molecule has 0 unspecified atom stereocenters. The summed E-state index contributed by atoms with van der Waals surface area (Å²) in [5.74, 6) is -0.623. The van der Waals surface area contributed by atoms with E-state index in [1.54, 1.807) is 24.3 Å². The molecule has 2 aromatic rings. The highest BCUT2D eigenvalue weighted by Gasteiger charge is 2.20. The van der Waals surface area contributed by atoms with Gasteiger partial charge in [0.2, 0.25) is 0 Å². The number of halogens is 2. The normalized spacial score (nSPS) is 11.4. The maximum absolute atomic E-state index is 12.4. The molecule has 0 aliphatic carbocycles. The second-order valence-corrected chi connectivity index (χ2v) is 7.47. The summed E-state index contributed by atoms with van der Waals surface area (Å²) < 4.78 is 29.6. The molecule has 0 bridgehead atoms. The zero-order valence-corrected chi connectivity index (χ0v) is 15.1. The molecule has 0 heterocycles. The monoisotopic (exact) mass is 388 g/mol. The molecule has 0 aliphatic rings. The van der Waals surface area contributed by atoms with Gasteiger partial charge in [0.1, 0.15) is 0 Å². The summed E-state index contributed by atoms with van der Waals surface area (Å²) in [7, 11) is -1.32. The number of nitrogens with zero attached hydrogens (tertiary/aromatic N) is 1. The maximum atomic E-state index is 12.4. The maximum Gasteiger partial charge on any atom is 0.384 e. The van der Waals surface area contributed by atoms with E-state index in [4.69, 9.17) is 27.4 Å². The van der Waals surface area contributed by atoms with Crippen molar-refractivity contribution in [3.8, 4) is 5.75 Å². The predicted octanol–water partition coefficient (Wildman–Crippen LogP) is 3.43. The molecule has 24 heavy (non-hydrogen) atoms. The van der Waals surface area contributed by atoms with Gasteiger partial charge in [-0.05, 0) is 30.3 Å². The van der Waals surface area contributed by atoms with Crippen LogP contribution < -0.4 is 9.50 Å². The molecule has 128 valence electrons. The van der Waals surface area contributed by atoms with E-state index in [9.17, 15) is 13.2 Å². The van der Waals surface area contributed by atoms with E-state index in [0.29, 0.717) is 10.7 Å². The van der Waals surface area contributed by atoms with Gasteiger partial charge < -0.3 is 9.50 Å². The minimum atomic E-state index is -3.98. The summed E-state index contributed by atoms with van der Waals surface area (Å²) in [6, 6.07) is 10.6. The third kappa shape index (κ3) is 4.39. The van der Waals surface area contributed by atoms with Crippen LogP contribution in [-0.2, 0) is 10.3 Å². The molecular formula is C15H14Cl2N2O4S. The van der Waals surface area contributed by atoms with E-state index in [-0.39, 0.29) is 16.3 Å². The molecule has 0 aliphatic heterocycles. The predicted molar refractivity (Wildman–Crippen MR) is 94.1 cm³/mol. The van der Waals surface area contributed by atoms with Gasteiger partial charge in [0, 0.05) is 19.8 Å². The number of carbonyl (C=O) groups excluding carboxylic acids is 1. The fourth-order valence-corrected chi connectivity index (χ4v) is 2.51. The second-order valence-electron chi connectivity index (χ2n) is 4.90. The molecule has 1 amide bonds. The van der Waals surface area contributed by atoms with Gasteiger partial charge in [-0.2, -0.15) is 12.7 Å². The Bertz CT molecular complexity index is 870. The summed E-state index contributed by atoms with van der Waals surface area (Å²) >= 11 is 11.7. The number of hydrogen-bond acceptors (Lipinski definition) is 4. The number of hydrogen-bond donors (Lipinski definition) is 1. The Morgan fingerprint density at radius 1 is 1.08 bits per heavy atom. The quantitative estimate of drug-likeness (QED) is 0.850. The Labute approximate surface area is 150 Å². The van der Waals surface area contributed by atoms with Crippen molar-refractivity contribution >= 4 is 45.1 Å². The average Bonchev–Trinajstić information content (AvgIpc) is 2.51. The van der Waals surface area contributed by atoms with E-state index >= 15 is 0 Å². The van der Waals surface area contributed by atoms with Crippen LogP contribution in [0.4, 0.5) is 5.69 Å². The first-order valence-electron chi connectivity index (χ1n) is 6.68. The molecule has 0 fully saturated rings. The average molecular weight is 389 g/mol. The number of para-hydroxylation sites is 1. The van der Waals surface area contributed by atoms with Crippen LogP contribution in [0.5, 0.6) is 5.75 Å². The van der Waals surface area contributed by atoms with Crippen molar-refractivity contribution in [3.63, 3.8) is 0 Å². The molecular weight excluding hydrogens is 375 g/mol. The van der Waals surface area contributed by atoms with E-state index in [1.165, 1.54) is 32.3 Å². The van der Waals surface area contributed by atoms with Crippen LogP contribution in [0, 0.1) is 0 Å². The minimum Gasteiger partial charge on any atom is -0.370 e. The number of carbonyl (C=O) groups is 1. The topological polar surface area (TPSA) is 75.7 Å². The number of amides is 1. The van der Waals surface area contributed by atoms with Crippen molar-refractivity contribution in [2.24, 2.45) is 0 Å². The highest BCUT2D eigenvalue weighted by molar-refractivity contribution is 7.84. The SMILES string of the molecule is CN(C)S(=O)(=O)Oc1ccccc1C(=O)Nc1ccc(Cl)c(Cl)c1. The molecule has 0 radical (unpaired) electrons. The van der Waals surface area contributed by atoms with Crippen LogP contribution in [-0.4, -0.2) is 32.7 Å². The third-order valence-corrected chi connectivity index (χ3v) is 4.98. The molecule has 2 rings (SSSR count). The van der Waals surface area contributed by atoms with Crippen molar-refractivity contribution in [1.82, 2.24) is 4.31 Å². The number of nitrogens with one attached hydrogen (secondary N) is 1. The van der Waals surface area contributed by atoms with Crippen LogP contribution in [0.2, 0.25) is 10.0 Å². The first kappa shape index (κ1) is 18.5. The largest absolute Gasteiger partial charge is 0.384 e. The van der Waals surface area contributed by atoms with E-state index in [0.717, 1.165) is 4.31 Å². The van der Waals surface area contributed by atoms with Gasteiger partial charge in [0.15, 0.2) is 5.75 Å². The van der Waals surface area contributed by atoms with Crippen LogP contribution in [0.3, 0.4) is 0 Å². The standard InChI is InChI=1S/C15H14Cl2N2O4S/c1-19(2)24(21,22)23-14-6-4-3-5-11(14)15(20)18-10-7-8-12(16)13(17)9-10/h3-9H,1-2H3,(H,18,20). The van der Waals surface area contributed by atoms with Crippen molar-refractivity contribution < 1.29 is 17.4 Å². The van der Waals surface area contributed by atoms with Crippen molar-refractivity contribution in [3.05, 3.63) is 58.1 Å². The van der Waals surface area contributed by atoms with Crippen molar-refractivity contribution in [2.75, 3.05) is 19.4 Å². The number of benzene rings is 2. The molecule has 1 N–H and O–H groups in total. The molecule has 6 nitrogen and oxygen atoms in total. The van der Waals surface area contributed by atoms with Crippen LogP contribution in [0.25, 0.3) is 0 Å². The zero-order chi connectivity index (χ0) is 17.9. The lowest BCUT2D eigenvalue weighted by molar-refractivity contribution is 0.102. The lowest BCUT2D eigenvalue weighted by Crippen LogP contribution is -2.28. The fraction of sp³-hybridized carbons (Fsp3) is 0.133. The number of rotatable bonds is 5. The van der Waals surface area contributed by atoms with Gasteiger partial charge in [-0.3, -0.25) is 4.79 Å². The Morgan fingerprint density at radius 3 is 2.38 bits per heavy atom. The second kappa shape index (κ2) is 7.40. The number of anilines is 1. The van der Waals surface area contributed by atoms with E-state index in [1.807, 2.05) is 0 Å². The molecule has 0 aromatic heterocycles. The summed E-state index contributed by atoms with van der Waals surface area (Å²) in [6.07, 6.45) is 0. The Kier molecular flexibility index (Phi) is 5.71. The molecule has 0 atom stereocenters. The van der Waals surface area contributed by atoms with Crippen LogP contribution >= 0.6 is 23.2 Å². The van der Waals surface area contributed by atoms with E-state index < -0.39 is 16.2 Å². The lowest BCUT2D eigenvalue weighted by Gasteiger charge is -2.14. The Balaban J connectivity index is 2.28. The molecule has 9 heteroatoms. The van der Waals surface area contributed by atoms with Crippen LogP contribution in [0.1, 0.15) is 10.4 Å². The minimum absolute atomic E-state index is 0.0639. The smallest absolute Gasteiger partial charge is 0.370 e. The Morgan fingerprint density at radius 2 is 1.75 bits per heavy atom. The molecule has 0 spiro atoms. The third-order valence-electron chi connectivity index (χ3n) is 2.95. The first-order chi connectivity index (χ1) is 11.2. The van der Waals surface area contributed by atoms with Crippen LogP contribution in [0.15, 0.2) is 42.5 Å². The lowest BCUT2D eigenvalue weighted by atomic mass is 10.2. The molecule has 2 aromatic carbocycles. The zero-order valence-electron chi connectivity index (χ0n) is 12.8. The van der Waals surface area contributed by atoms with Crippen molar-refractivity contribution in [2.45, 2.75) is 0 Å². The summed E-state index contributed by atoms with van der Waals surface area (Å²) in [4.78, 5) is 12.4. The summed E-state index contributed by atoms with van der Waals surface area (Å²) in [5.41, 5.74) is 0.480. The highest BCUT2D eigenvalue weighted by Crippen LogP contribution is 2.26. The van der Waals surface area contributed by atoms with E-state index in [2.05, 4.69) is 5.32 Å². The Hall–Kier alpha value is -1.80. The van der Waals surface area contributed by atoms with Gasteiger partial charge in [-0.25, -0.2) is 0 Å². The van der Waals surface area contributed by atoms with Gasteiger partial charge in [0.05, 0.1) is 15.6 Å². The van der Waals surface area contributed by atoms with Gasteiger partial charge >= 0.3 is 10.3 Å². The molecule has 0 saturated heterocycles. The molecule has 0 saturated carbocycles. The first-order valence-corrected chi connectivity index (χ1v) is 8.80. The fourth-order valence-electron chi connectivity index (χ4n) is 1.69. The van der Waals surface area contributed by atoms with Crippen molar-refractivity contribution in [1.29, 1.82) is 0 Å². The summed E-state index contributed by atoms with van der Waals surface area (Å²) in [6.45, 7) is 0. The van der Waals surface area contributed by atoms with Gasteiger partial charge in [0.25, 0.3) is 5.91 Å². The highest BCUT2D eigenvalue weighted by atomic mass is 35.5. The summed E-state index contributed by atoms with van der Waals surface area (Å²) in [5, 5.41) is 3.25. The van der Waals surface area contributed by atoms with Gasteiger partial charge in [-0.1, -0.05) is 35.3 Å². The van der Waals surface area contributed by atoms with Gasteiger partial charge in [-0.15, -0.1) is 0 Å².